The zero-order chi connectivity index (χ0) is 31.9. The molecule has 2 fully saturated rings. The van der Waals surface area contributed by atoms with Crippen LogP contribution in [-0.4, -0.2) is 65.0 Å². The monoisotopic (exact) mass is 651 g/mol. The summed E-state index contributed by atoms with van der Waals surface area (Å²) >= 11 is 6.39. The molecule has 4 heterocycles. The highest BCUT2D eigenvalue weighted by Crippen LogP contribution is 2.44. The molecule has 3 aromatic carbocycles. The second-order valence-electron chi connectivity index (χ2n) is 12.2. The third-order valence-corrected chi connectivity index (χ3v) is 9.52. The number of hydrogen-bond acceptors (Lipinski definition) is 8. The Morgan fingerprint density at radius 3 is 2.51 bits per heavy atom. The van der Waals surface area contributed by atoms with E-state index in [9.17, 15) is 4.79 Å². The van der Waals surface area contributed by atoms with Crippen LogP contribution in [0.5, 0.6) is 5.88 Å². The summed E-state index contributed by atoms with van der Waals surface area (Å²) in [6.07, 6.45) is 2.04. The number of amides is 1. The predicted molar refractivity (Wildman–Crippen MR) is 176 cm³/mol. The van der Waals surface area contributed by atoms with Crippen LogP contribution < -0.4 is 10.1 Å². The Kier molecular flexibility index (Phi) is 7.82. The first-order valence-electron chi connectivity index (χ1n) is 15.7. The van der Waals surface area contributed by atoms with Gasteiger partial charge in [0, 0.05) is 30.9 Å². The van der Waals surface area contributed by atoms with Gasteiger partial charge in [-0.15, -0.1) is 0 Å². The fourth-order valence-electron chi connectivity index (χ4n) is 6.61. The van der Waals surface area contributed by atoms with Gasteiger partial charge in [0.05, 0.1) is 36.0 Å². The molecular weight excluding hydrogens is 621 g/mol. The maximum atomic E-state index is 15.3. The first-order chi connectivity index (χ1) is 23.0. The average Bonchev–Trinajstić information content (AvgIpc) is 3.67. The van der Waals surface area contributed by atoms with Gasteiger partial charge < -0.3 is 24.4 Å². The number of nitrogens with one attached hydrogen (secondary N) is 1. The first-order valence-corrected chi connectivity index (χ1v) is 16.1. The van der Waals surface area contributed by atoms with E-state index in [0.717, 1.165) is 5.56 Å². The summed E-state index contributed by atoms with van der Waals surface area (Å²) in [6.45, 7) is 2.47. The van der Waals surface area contributed by atoms with Crippen molar-refractivity contribution in [3.8, 4) is 17.0 Å². The second kappa shape index (κ2) is 12.4. The van der Waals surface area contributed by atoms with E-state index < -0.39 is 5.82 Å². The van der Waals surface area contributed by atoms with E-state index in [4.69, 9.17) is 25.8 Å². The third-order valence-electron chi connectivity index (χ3n) is 9.11. The standard InChI is InChI=1S/C36H31ClFN5O4/c37-32-22(15-21-17-45-18-21)9-10-29(33(32)38)41-35-34-30(39-20-40-35)11-12-31(42-34)47-23-13-14-43(16-23)36(44)46-19-28-26-7-3-1-5-24(26)25-6-2-4-8-27(25)28/h1-12,20-21,23,28H,13-19H2,(H,39,40,41)/t23-/m0/s1. The van der Waals surface area contributed by atoms with E-state index in [1.807, 2.05) is 30.3 Å². The second-order valence-corrected chi connectivity index (χ2v) is 12.5. The molecular formula is C36H31ClFN5O4. The van der Waals surface area contributed by atoms with Crippen molar-refractivity contribution in [2.45, 2.75) is 24.9 Å². The summed E-state index contributed by atoms with van der Waals surface area (Å²) in [5, 5.41) is 3.12. The number of carbonyl (C=O) groups excluding carboxylic acids is 1. The van der Waals surface area contributed by atoms with Gasteiger partial charge in [-0.05, 0) is 46.4 Å². The molecule has 238 valence electrons. The number of hydrogen-bond donors (Lipinski definition) is 1. The smallest absolute Gasteiger partial charge is 0.409 e. The number of anilines is 2. The summed E-state index contributed by atoms with van der Waals surface area (Å²) < 4.78 is 32.6. The van der Waals surface area contributed by atoms with Gasteiger partial charge in [0.2, 0.25) is 5.88 Å². The molecule has 2 aromatic heterocycles. The molecule has 8 rings (SSSR count). The highest BCUT2D eigenvalue weighted by Gasteiger charge is 2.32. The summed E-state index contributed by atoms with van der Waals surface area (Å²) in [5.41, 5.74) is 6.63. The zero-order valence-electron chi connectivity index (χ0n) is 25.4. The number of ether oxygens (including phenoxy) is 3. The quantitative estimate of drug-likeness (QED) is 0.189. The molecule has 0 spiro atoms. The van der Waals surface area contributed by atoms with Gasteiger partial charge in [-0.2, -0.15) is 0 Å². The molecule has 2 aliphatic heterocycles. The highest BCUT2D eigenvalue weighted by molar-refractivity contribution is 6.31. The lowest BCUT2D eigenvalue weighted by atomic mass is 9.97. The summed E-state index contributed by atoms with van der Waals surface area (Å²) in [4.78, 5) is 28.1. The zero-order valence-corrected chi connectivity index (χ0v) is 26.1. The fraction of sp³-hybridized carbons (Fsp3) is 0.278. The first kappa shape index (κ1) is 29.6. The normalized spacial score (nSPS) is 17.3. The van der Waals surface area contributed by atoms with Crippen LogP contribution in [0.1, 0.15) is 29.0 Å². The van der Waals surface area contributed by atoms with Crippen molar-refractivity contribution in [3.05, 3.63) is 107 Å². The molecule has 2 saturated heterocycles. The van der Waals surface area contributed by atoms with E-state index in [-0.39, 0.29) is 35.4 Å². The minimum atomic E-state index is -0.553. The molecule has 47 heavy (non-hydrogen) atoms. The Morgan fingerprint density at radius 1 is 1.00 bits per heavy atom. The highest BCUT2D eigenvalue weighted by atomic mass is 35.5. The summed E-state index contributed by atoms with van der Waals surface area (Å²) in [6, 6.07) is 23.5. The van der Waals surface area contributed by atoms with Crippen molar-refractivity contribution < 1.29 is 23.4 Å². The fourth-order valence-corrected chi connectivity index (χ4v) is 6.85. The van der Waals surface area contributed by atoms with E-state index in [0.29, 0.717) is 67.8 Å². The number of benzene rings is 3. The summed E-state index contributed by atoms with van der Waals surface area (Å²) in [7, 11) is 0. The van der Waals surface area contributed by atoms with Gasteiger partial charge in [0.25, 0.3) is 0 Å². The van der Waals surface area contributed by atoms with Gasteiger partial charge in [-0.1, -0.05) is 66.2 Å². The molecule has 9 nitrogen and oxygen atoms in total. The van der Waals surface area contributed by atoms with Crippen LogP contribution >= 0.6 is 11.6 Å². The van der Waals surface area contributed by atoms with Gasteiger partial charge in [0.1, 0.15) is 24.6 Å². The molecule has 5 aromatic rings. The average molecular weight is 652 g/mol. The van der Waals surface area contributed by atoms with Crippen molar-refractivity contribution in [2.75, 3.05) is 38.2 Å². The van der Waals surface area contributed by atoms with Crippen molar-refractivity contribution in [1.29, 1.82) is 0 Å². The van der Waals surface area contributed by atoms with Crippen LogP contribution in [0, 0.1) is 11.7 Å². The van der Waals surface area contributed by atoms with Crippen LogP contribution in [0.2, 0.25) is 5.02 Å². The van der Waals surface area contributed by atoms with Crippen LogP contribution in [0.4, 0.5) is 20.7 Å². The molecule has 0 saturated carbocycles. The number of halogens is 2. The molecule has 0 radical (unpaired) electrons. The van der Waals surface area contributed by atoms with Crippen molar-refractivity contribution in [3.63, 3.8) is 0 Å². The number of nitrogens with zero attached hydrogens (tertiary/aromatic N) is 4. The van der Waals surface area contributed by atoms with Crippen LogP contribution in [0.3, 0.4) is 0 Å². The van der Waals surface area contributed by atoms with Gasteiger partial charge >= 0.3 is 6.09 Å². The topological polar surface area (TPSA) is 98.7 Å². The number of pyridine rings is 1. The Morgan fingerprint density at radius 2 is 1.77 bits per heavy atom. The van der Waals surface area contributed by atoms with Crippen LogP contribution in [0.25, 0.3) is 22.2 Å². The largest absolute Gasteiger partial charge is 0.472 e. The Balaban J connectivity index is 0.921. The third kappa shape index (κ3) is 5.72. The van der Waals surface area contributed by atoms with E-state index in [1.54, 1.807) is 23.1 Å². The minimum absolute atomic E-state index is 0.00213. The Labute approximate surface area is 275 Å². The number of fused-ring (bicyclic) bond motifs is 4. The van der Waals surface area contributed by atoms with E-state index >= 15 is 4.39 Å². The molecule has 1 aliphatic carbocycles. The summed E-state index contributed by atoms with van der Waals surface area (Å²) in [5.74, 6) is 0.471. The van der Waals surface area contributed by atoms with Crippen LogP contribution in [0.15, 0.2) is 79.1 Å². The molecule has 1 amide bonds. The lowest BCUT2D eigenvalue weighted by molar-refractivity contribution is -0.0312. The number of rotatable bonds is 8. The molecule has 1 N–H and O–H groups in total. The molecule has 0 bridgehead atoms. The number of carbonyl (C=O) groups is 1. The van der Waals surface area contributed by atoms with Gasteiger partial charge in [-0.25, -0.2) is 24.1 Å². The molecule has 3 aliphatic rings. The lowest BCUT2D eigenvalue weighted by Gasteiger charge is -2.26. The molecule has 11 heteroatoms. The van der Waals surface area contributed by atoms with Crippen LogP contribution in [-0.2, 0) is 15.9 Å². The van der Waals surface area contributed by atoms with E-state index in [2.05, 4.69) is 44.5 Å². The minimum Gasteiger partial charge on any atom is -0.472 e. The Hall–Kier alpha value is -4.80. The molecule has 1 atom stereocenters. The van der Waals surface area contributed by atoms with E-state index in [1.165, 1.54) is 28.6 Å². The predicted octanol–water partition coefficient (Wildman–Crippen LogP) is 7.15. The van der Waals surface area contributed by atoms with Crippen molar-refractivity contribution >= 4 is 40.2 Å². The maximum absolute atomic E-state index is 15.3. The van der Waals surface area contributed by atoms with Crippen molar-refractivity contribution in [2.24, 2.45) is 5.92 Å². The number of aromatic nitrogens is 3. The number of likely N-dealkylation sites (tertiary alicyclic amines) is 1. The van der Waals surface area contributed by atoms with Crippen molar-refractivity contribution in [1.82, 2.24) is 19.9 Å². The Bertz CT molecular complexity index is 1940. The van der Waals surface area contributed by atoms with Gasteiger partial charge in [0.15, 0.2) is 11.6 Å². The lowest BCUT2D eigenvalue weighted by Crippen LogP contribution is -2.32. The SMILES string of the molecule is O=C(OCC1c2ccccc2-c2ccccc21)N1CC[C@H](Oc2ccc3ncnc(Nc4ccc(CC5COC5)c(Cl)c4F)c3n2)C1. The molecule has 0 unspecified atom stereocenters. The van der Waals surface area contributed by atoms with Gasteiger partial charge in [-0.3, -0.25) is 0 Å². The maximum Gasteiger partial charge on any atom is 0.409 e.